The van der Waals surface area contributed by atoms with Crippen LogP contribution in [0.3, 0.4) is 0 Å². The van der Waals surface area contributed by atoms with Gasteiger partial charge in [-0.3, -0.25) is 14.5 Å². The summed E-state index contributed by atoms with van der Waals surface area (Å²) in [6.07, 6.45) is 3.46. The molecule has 1 aliphatic rings. The van der Waals surface area contributed by atoms with E-state index < -0.39 is 0 Å². The Kier molecular flexibility index (Phi) is 4.39. The number of benzene rings is 1. The molecule has 0 aliphatic heterocycles. The van der Waals surface area contributed by atoms with Crippen molar-refractivity contribution in [2.24, 2.45) is 0 Å². The van der Waals surface area contributed by atoms with Gasteiger partial charge in [0.15, 0.2) is 10.9 Å². The van der Waals surface area contributed by atoms with Gasteiger partial charge in [0.1, 0.15) is 0 Å². The van der Waals surface area contributed by atoms with Gasteiger partial charge in [-0.05, 0) is 31.4 Å². The van der Waals surface area contributed by atoms with Crippen LogP contribution in [0, 0.1) is 0 Å². The highest BCUT2D eigenvalue weighted by Crippen LogP contribution is 2.28. The molecule has 0 unspecified atom stereocenters. The lowest BCUT2D eigenvalue weighted by Gasteiger charge is -2.16. The van der Waals surface area contributed by atoms with Crippen molar-refractivity contribution in [3.8, 4) is 0 Å². The van der Waals surface area contributed by atoms with Gasteiger partial charge in [-0.15, -0.1) is 11.3 Å². The number of hydrogen-bond acceptors (Lipinski definition) is 4. The van der Waals surface area contributed by atoms with Crippen molar-refractivity contribution in [2.45, 2.75) is 26.7 Å². The normalized spacial score (nSPS) is 15.6. The second kappa shape index (κ2) is 6.46. The van der Waals surface area contributed by atoms with Gasteiger partial charge < -0.3 is 0 Å². The number of hydrogen-bond donors (Lipinski definition) is 0. The van der Waals surface area contributed by atoms with E-state index in [0.717, 1.165) is 35.2 Å². The van der Waals surface area contributed by atoms with E-state index in [4.69, 9.17) is 0 Å². The number of thiazole rings is 1. The minimum Gasteiger partial charge on any atom is -0.289 e. The molecule has 4 nitrogen and oxygen atoms in total. The fourth-order valence-corrected chi connectivity index (χ4v) is 3.68. The zero-order chi connectivity index (χ0) is 16.4. The summed E-state index contributed by atoms with van der Waals surface area (Å²) in [5.41, 5.74) is 3.43. The Morgan fingerprint density at radius 2 is 2.13 bits per heavy atom. The quantitative estimate of drug-likeness (QED) is 0.808. The maximum Gasteiger partial charge on any atom is 0.225 e. The average molecular weight is 326 g/mol. The molecule has 5 heteroatoms. The number of allylic oxidation sites excluding steroid dienone is 1. The lowest BCUT2D eigenvalue weighted by atomic mass is 9.86. The lowest BCUT2D eigenvalue weighted by Crippen LogP contribution is -2.27. The van der Waals surface area contributed by atoms with E-state index in [1.165, 1.54) is 18.3 Å². The summed E-state index contributed by atoms with van der Waals surface area (Å²) >= 11 is 1.42. The topological polar surface area (TPSA) is 50.3 Å². The van der Waals surface area contributed by atoms with Crippen molar-refractivity contribution in [3.63, 3.8) is 0 Å². The number of aromatic nitrogens is 1. The standard InChI is InChI=1S/C18H18N2O2S/c1-3-20(12(2)21)18-19-15(11-23-18)10-14-9-8-13-6-4-5-7-16(13)17(14)22/h4-7,10-11H,3,8-9H2,1-2H3/b14-10+. The molecule has 0 fully saturated rings. The predicted octanol–water partition coefficient (Wildman–Crippen LogP) is 3.73. The number of anilines is 1. The largest absolute Gasteiger partial charge is 0.289 e. The highest BCUT2D eigenvalue weighted by molar-refractivity contribution is 7.14. The van der Waals surface area contributed by atoms with Crippen LogP contribution in [0.5, 0.6) is 0 Å². The highest BCUT2D eigenvalue weighted by atomic mass is 32.1. The molecular weight excluding hydrogens is 308 g/mol. The first-order chi connectivity index (χ1) is 11.1. The van der Waals surface area contributed by atoms with E-state index in [-0.39, 0.29) is 11.7 Å². The van der Waals surface area contributed by atoms with Crippen molar-refractivity contribution < 1.29 is 9.59 Å². The van der Waals surface area contributed by atoms with E-state index in [1.807, 2.05) is 42.6 Å². The van der Waals surface area contributed by atoms with Gasteiger partial charge in [0.2, 0.25) is 5.91 Å². The Morgan fingerprint density at radius 1 is 1.35 bits per heavy atom. The summed E-state index contributed by atoms with van der Waals surface area (Å²) in [5, 5.41) is 2.57. The second-order valence-corrected chi connectivity index (χ2v) is 6.31. The smallest absolute Gasteiger partial charge is 0.225 e. The maximum absolute atomic E-state index is 12.6. The molecule has 2 aromatic rings. The minimum atomic E-state index is -0.0243. The van der Waals surface area contributed by atoms with Crippen LogP contribution in [0.25, 0.3) is 6.08 Å². The zero-order valence-corrected chi connectivity index (χ0v) is 14.0. The van der Waals surface area contributed by atoms with Crippen molar-refractivity contribution >= 4 is 34.2 Å². The summed E-state index contributed by atoms with van der Waals surface area (Å²) in [6.45, 7) is 4.04. The van der Waals surface area contributed by atoms with E-state index in [2.05, 4.69) is 4.98 Å². The summed E-state index contributed by atoms with van der Waals surface area (Å²) in [6, 6.07) is 7.75. The van der Waals surface area contributed by atoms with Crippen LogP contribution in [0.2, 0.25) is 0 Å². The third kappa shape index (κ3) is 3.10. The second-order valence-electron chi connectivity index (χ2n) is 5.47. The van der Waals surface area contributed by atoms with Gasteiger partial charge in [0.05, 0.1) is 5.69 Å². The predicted molar refractivity (Wildman–Crippen MR) is 92.9 cm³/mol. The van der Waals surface area contributed by atoms with E-state index in [1.54, 1.807) is 4.90 Å². The highest BCUT2D eigenvalue weighted by Gasteiger charge is 2.21. The van der Waals surface area contributed by atoms with Crippen LogP contribution >= 0.6 is 11.3 Å². The van der Waals surface area contributed by atoms with Crippen molar-refractivity contribution in [3.05, 3.63) is 52.0 Å². The molecule has 1 aromatic heterocycles. The molecule has 23 heavy (non-hydrogen) atoms. The number of fused-ring (bicyclic) bond motifs is 1. The first kappa shape index (κ1) is 15.6. The molecule has 0 N–H and O–H groups in total. The molecule has 3 rings (SSSR count). The molecule has 0 atom stereocenters. The SMILES string of the molecule is CCN(C(C)=O)c1nc(/C=C2\CCc3ccccc3C2=O)cs1. The molecular formula is C18H18N2O2S. The third-order valence-corrected chi connectivity index (χ3v) is 4.86. The number of carbonyl (C=O) groups is 2. The first-order valence-corrected chi connectivity index (χ1v) is 8.55. The summed E-state index contributed by atoms with van der Waals surface area (Å²) in [4.78, 5) is 30.3. The zero-order valence-electron chi connectivity index (χ0n) is 13.2. The Morgan fingerprint density at radius 3 is 2.87 bits per heavy atom. The molecule has 0 saturated carbocycles. The molecule has 118 valence electrons. The maximum atomic E-state index is 12.6. The van der Waals surface area contributed by atoms with Crippen LogP contribution in [-0.2, 0) is 11.2 Å². The molecule has 1 aliphatic carbocycles. The van der Waals surface area contributed by atoms with Crippen LogP contribution in [-0.4, -0.2) is 23.2 Å². The van der Waals surface area contributed by atoms with Crippen LogP contribution in [0.15, 0.2) is 35.2 Å². The van der Waals surface area contributed by atoms with E-state index in [9.17, 15) is 9.59 Å². The summed E-state index contributed by atoms with van der Waals surface area (Å²) in [7, 11) is 0. The van der Waals surface area contributed by atoms with Gasteiger partial charge in [-0.1, -0.05) is 24.3 Å². The number of carbonyl (C=O) groups excluding carboxylic acids is 2. The molecule has 0 spiro atoms. The third-order valence-electron chi connectivity index (χ3n) is 3.98. The number of nitrogens with zero attached hydrogens (tertiary/aromatic N) is 2. The first-order valence-electron chi connectivity index (χ1n) is 7.67. The van der Waals surface area contributed by atoms with Crippen molar-refractivity contribution in [1.82, 2.24) is 4.98 Å². The minimum absolute atomic E-state index is 0.0243. The fourth-order valence-electron chi connectivity index (χ4n) is 2.79. The molecule has 0 radical (unpaired) electrons. The Hall–Kier alpha value is -2.27. The van der Waals surface area contributed by atoms with Gasteiger partial charge in [-0.25, -0.2) is 4.98 Å². The van der Waals surface area contributed by atoms with Crippen LogP contribution in [0.4, 0.5) is 5.13 Å². The number of amides is 1. The van der Waals surface area contributed by atoms with Crippen LogP contribution < -0.4 is 4.90 Å². The summed E-state index contributed by atoms with van der Waals surface area (Å²) < 4.78 is 0. The Labute approximate surface area is 139 Å². The van der Waals surface area contributed by atoms with Gasteiger partial charge in [-0.2, -0.15) is 0 Å². The number of ketones is 1. The van der Waals surface area contributed by atoms with E-state index >= 15 is 0 Å². The Balaban J connectivity index is 1.87. The molecule has 0 saturated heterocycles. The van der Waals surface area contributed by atoms with E-state index in [0.29, 0.717) is 11.7 Å². The van der Waals surface area contributed by atoms with Crippen molar-refractivity contribution in [2.75, 3.05) is 11.4 Å². The van der Waals surface area contributed by atoms with Gasteiger partial charge >= 0.3 is 0 Å². The molecule has 1 heterocycles. The summed E-state index contributed by atoms with van der Waals surface area (Å²) in [5.74, 6) is 0.0593. The number of Topliss-reactive ketones (excluding diaryl/α,β-unsaturated/α-hetero) is 1. The molecule has 1 amide bonds. The molecule has 1 aromatic carbocycles. The van der Waals surface area contributed by atoms with Gasteiger partial charge in [0, 0.05) is 30.0 Å². The lowest BCUT2D eigenvalue weighted by molar-refractivity contribution is -0.116. The monoisotopic (exact) mass is 326 g/mol. The molecule has 0 bridgehead atoms. The number of aryl methyl sites for hydroxylation is 1. The fraction of sp³-hybridized carbons (Fsp3) is 0.278. The van der Waals surface area contributed by atoms with Crippen molar-refractivity contribution in [1.29, 1.82) is 0 Å². The average Bonchev–Trinajstić information content (AvgIpc) is 2.99. The van der Waals surface area contributed by atoms with Gasteiger partial charge in [0.25, 0.3) is 0 Å². The Bertz CT molecular complexity index is 792. The van der Waals surface area contributed by atoms with Crippen LogP contribution in [0.1, 0.15) is 41.9 Å². The number of rotatable bonds is 3.